The number of likely N-dealkylation sites (tertiary alicyclic amines) is 1. The molecular formula is C16H20N2O4. The second kappa shape index (κ2) is 5.62. The van der Waals surface area contributed by atoms with E-state index in [4.69, 9.17) is 15.2 Å². The van der Waals surface area contributed by atoms with E-state index in [9.17, 15) is 9.90 Å². The fourth-order valence-electron chi connectivity index (χ4n) is 2.99. The van der Waals surface area contributed by atoms with Gasteiger partial charge in [-0.15, -0.1) is 0 Å². The number of ether oxygens (including phenoxy) is 2. The van der Waals surface area contributed by atoms with Crippen LogP contribution in [0, 0.1) is 0 Å². The first-order valence-electron chi connectivity index (χ1n) is 7.26. The monoisotopic (exact) mass is 304 g/mol. The Labute approximate surface area is 129 Å². The molecule has 0 bridgehead atoms. The molecule has 1 aromatic carbocycles. The molecule has 6 nitrogen and oxygen atoms in total. The van der Waals surface area contributed by atoms with Gasteiger partial charge in [0, 0.05) is 25.2 Å². The summed E-state index contributed by atoms with van der Waals surface area (Å²) in [6.45, 7) is 2.20. The molecule has 0 amide bonds. The standard InChI is InChI=1S/C16H20N2O4/c1-21-13-4-2-3-12-7-11(9-22-14(12)13)8-18-6-5-16(17,10-18)15(19)20/h2-4,7H,5-6,8-10,17H2,1H3,(H,19,20)/t16-/m1/s1. The van der Waals surface area contributed by atoms with Gasteiger partial charge < -0.3 is 20.3 Å². The number of rotatable bonds is 4. The fourth-order valence-corrected chi connectivity index (χ4v) is 2.99. The summed E-state index contributed by atoms with van der Waals surface area (Å²) in [5, 5.41) is 9.18. The smallest absolute Gasteiger partial charge is 0.325 e. The number of carboxylic acids is 1. The molecular weight excluding hydrogens is 284 g/mol. The van der Waals surface area contributed by atoms with Crippen LogP contribution in [0.5, 0.6) is 11.5 Å². The minimum atomic E-state index is -1.13. The highest BCUT2D eigenvalue weighted by Crippen LogP contribution is 2.35. The number of benzene rings is 1. The highest BCUT2D eigenvalue weighted by atomic mass is 16.5. The van der Waals surface area contributed by atoms with Crippen molar-refractivity contribution in [2.24, 2.45) is 5.73 Å². The number of para-hydroxylation sites is 1. The summed E-state index contributed by atoms with van der Waals surface area (Å²) in [6.07, 6.45) is 2.56. The van der Waals surface area contributed by atoms with Crippen molar-refractivity contribution in [3.8, 4) is 11.5 Å². The number of nitrogens with two attached hydrogens (primary N) is 1. The second-order valence-corrected chi connectivity index (χ2v) is 5.89. The molecule has 1 aromatic rings. The van der Waals surface area contributed by atoms with Crippen LogP contribution in [-0.2, 0) is 4.79 Å². The zero-order valence-electron chi connectivity index (χ0n) is 12.5. The summed E-state index contributed by atoms with van der Waals surface area (Å²) in [5.74, 6) is 0.550. The van der Waals surface area contributed by atoms with Gasteiger partial charge in [-0.3, -0.25) is 9.69 Å². The topological polar surface area (TPSA) is 85.0 Å². The van der Waals surface area contributed by atoms with Crippen LogP contribution >= 0.6 is 0 Å². The highest BCUT2D eigenvalue weighted by molar-refractivity contribution is 5.79. The molecule has 0 aromatic heterocycles. The van der Waals surface area contributed by atoms with Gasteiger partial charge in [0.05, 0.1) is 7.11 Å². The lowest BCUT2D eigenvalue weighted by molar-refractivity contribution is -0.142. The molecule has 2 heterocycles. The highest BCUT2D eigenvalue weighted by Gasteiger charge is 2.41. The van der Waals surface area contributed by atoms with Crippen molar-refractivity contribution in [1.82, 2.24) is 4.90 Å². The molecule has 2 aliphatic heterocycles. The molecule has 22 heavy (non-hydrogen) atoms. The molecule has 3 rings (SSSR count). The third-order valence-electron chi connectivity index (χ3n) is 4.22. The predicted octanol–water partition coefficient (Wildman–Crippen LogP) is 0.959. The average molecular weight is 304 g/mol. The molecule has 0 unspecified atom stereocenters. The summed E-state index contributed by atoms with van der Waals surface area (Å²) < 4.78 is 11.1. The maximum atomic E-state index is 11.2. The number of nitrogens with zero attached hydrogens (tertiary/aromatic N) is 1. The van der Waals surface area contributed by atoms with E-state index in [0.717, 1.165) is 22.6 Å². The van der Waals surface area contributed by atoms with Gasteiger partial charge in [0.1, 0.15) is 12.1 Å². The number of carboxylic acid groups (broad SMARTS) is 1. The summed E-state index contributed by atoms with van der Waals surface area (Å²) in [6, 6.07) is 5.77. The Morgan fingerprint density at radius 1 is 1.55 bits per heavy atom. The minimum Gasteiger partial charge on any atom is -0.493 e. The Bertz CT molecular complexity index is 629. The van der Waals surface area contributed by atoms with E-state index in [1.807, 2.05) is 18.2 Å². The largest absolute Gasteiger partial charge is 0.493 e. The van der Waals surface area contributed by atoms with Gasteiger partial charge in [-0.25, -0.2) is 0 Å². The van der Waals surface area contributed by atoms with Gasteiger partial charge in [0.2, 0.25) is 0 Å². The molecule has 2 aliphatic rings. The van der Waals surface area contributed by atoms with Crippen LogP contribution in [0.1, 0.15) is 12.0 Å². The maximum absolute atomic E-state index is 11.2. The van der Waals surface area contributed by atoms with E-state index in [0.29, 0.717) is 32.7 Å². The lowest BCUT2D eigenvalue weighted by Gasteiger charge is -2.24. The quantitative estimate of drug-likeness (QED) is 0.862. The zero-order valence-corrected chi connectivity index (χ0v) is 12.5. The molecule has 3 N–H and O–H groups in total. The minimum absolute atomic E-state index is 0.366. The number of hydrogen-bond acceptors (Lipinski definition) is 5. The van der Waals surface area contributed by atoms with E-state index in [2.05, 4.69) is 11.0 Å². The summed E-state index contributed by atoms with van der Waals surface area (Å²) in [7, 11) is 1.62. The lowest BCUT2D eigenvalue weighted by Crippen LogP contribution is -2.50. The molecule has 0 spiro atoms. The van der Waals surface area contributed by atoms with Crippen molar-refractivity contribution in [2.45, 2.75) is 12.0 Å². The van der Waals surface area contributed by atoms with Crippen molar-refractivity contribution >= 4 is 12.0 Å². The van der Waals surface area contributed by atoms with Crippen molar-refractivity contribution in [2.75, 3.05) is 33.4 Å². The maximum Gasteiger partial charge on any atom is 0.325 e. The molecule has 0 saturated carbocycles. The molecule has 1 fully saturated rings. The molecule has 118 valence electrons. The van der Waals surface area contributed by atoms with Gasteiger partial charge in [-0.2, -0.15) is 0 Å². The van der Waals surface area contributed by atoms with Crippen LogP contribution in [-0.4, -0.2) is 54.9 Å². The van der Waals surface area contributed by atoms with Gasteiger partial charge >= 0.3 is 5.97 Å². The Hall–Kier alpha value is -2.05. The summed E-state index contributed by atoms with van der Waals surface area (Å²) in [5.41, 5.74) is 6.87. The molecule has 1 saturated heterocycles. The third kappa shape index (κ3) is 2.67. The molecule has 0 radical (unpaired) electrons. The fraction of sp³-hybridized carbons (Fsp3) is 0.438. The number of hydrogen-bond donors (Lipinski definition) is 2. The molecule has 6 heteroatoms. The summed E-state index contributed by atoms with van der Waals surface area (Å²) in [4.78, 5) is 13.3. The first-order valence-corrected chi connectivity index (χ1v) is 7.26. The van der Waals surface area contributed by atoms with Crippen LogP contribution in [0.3, 0.4) is 0 Å². The van der Waals surface area contributed by atoms with Crippen molar-refractivity contribution in [3.63, 3.8) is 0 Å². The number of carbonyl (C=O) groups is 1. The van der Waals surface area contributed by atoms with Crippen molar-refractivity contribution in [3.05, 3.63) is 29.3 Å². The van der Waals surface area contributed by atoms with Gasteiger partial charge in [-0.1, -0.05) is 12.1 Å². The van der Waals surface area contributed by atoms with E-state index < -0.39 is 11.5 Å². The normalized spacial score (nSPS) is 24.4. The van der Waals surface area contributed by atoms with E-state index in [1.54, 1.807) is 7.11 Å². The second-order valence-electron chi connectivity index (χ2n) is 5.89. The van der Waals surface area contributed by atoms with Crippen molar-refractivity contribution < 1.29 is 19.4 Å². The Morgan fingerprint density at radius 2 is 2.36 bits per heavy atom. The SMILES string of the molecule is COc1cccc2c1OCC(CN1CC[C@](N)(C(=O)O)C1)=C2. The Morgan fingerprint density at radius 3 is 3.05 bits per heavy atom. The number of fused-ring (bicyclic) bond motifs is 1. The van der Waals surface area contributed by atoms with E-state index in [1.165, 1.54) is 0 Å². The Kier molecular flexibility index (Phi) is 3.80. The lowest BCUT2D eigenvalue weighted by atomic mass is 10.0. The zero-order chi connectivity index (χ0) is 15.7. The number of aliphatic carboxylic acids is 1. The van der Waals surface area contributed by atoms with Gasteiger partial charge in [0.15, 0.2) is 11.5 Å². The number of methoxy groups -OCH3 is 1. The molecule has 1 atom stereocenters. The van der Waals surface area contributed by atoms with Crippen LogP contribution < -0.4 is 15.2 Å². The Balaban J connectivity index is 1.72. The van der Waals surface area contributed by atoms with Crippen LogP contribution in [0.25, 0.3) is 6.08 Å². The average Bonchev–Trinajstić information content (AvgIpc) is 2.89. The predicted molar refractivity (Wildman–Crippen MR) is 82.1 cm³/mol. The van der Waals surface area contributed by atoms with Crippen LogP contribution in [0.15, 0.2) is 23.8 Å². The summed E-state index contributed by atoms with van der Waals surface area (Å²) >= 11 is 0. The van der Waals surface area contributed by atoms with E-state index in [-0.39, 0.29) is 0 Å². The van der Waals surface area contributed by atoms with Crippen molar-refractivity contribution in [1.29, 1.82) is 0 Å². The van der Waals surface area contributed by atoms with Crippen LogP contribution in [0.2, 0.25) is 0 Å². The van der Waals surface area contributed by atoms with Crippen LogP contribution in [0.4, 0.5) is 0 Å². The first-order chi connectivity index (χ1) is 10.5. The molecule has 0 aliphatic carbocycles. The first kappa shape index (κ1) is 14.9. The van der Waals surface area contributed by atoms with Gasteiger partial charge in [-0.05, 0) is 24.1 Å². The third-order valence-corrected chi connectivity index (χ3v) is 4.22. The van der Waals surface area contributed by atoms with Gasteiger partial charge in [0.25, 0.3) is 0 Å². The van der Waals surface area contributed by atoms with E-state index >= 15 is 0 Å².